The molecule has 0 aromatic carbocycles. The number of nitrogens with zero attached hydrogens (tertiary/aromatic N) is 1. The molecule has 106 valence electrons. The van der Waals surface area contributed by atoms with E-state index in [4.69, 9.17) is 5.73 Å². The molecule has 0 aromatic rings. The average Bonchev–Trinajstić information content (AvgIpc) is 2.25. The number of carbonyl (C=O) groups is 1. The molecule has 1 saturated carbocycles. The van der Waals surface area contributed by atoms with E-state index in [1.54, 1.807) is 0 Å². The Bertz CT molecular complexity index is 290. The summed E-state index contributed by atoms with van der Waals surface area (Å²) in [4.78, 5) is 14.5. The molecule has 3 unspecified atom stereocenters. The second kappa shape index (κ2) is 6.05. The minimum absolute atomic E-state index is 0.141. The molecule has 0 heterocycles. The molecule has 0 aliphatic heterocycles. The molecule has 1 aliphatic rings. The highest BCUT2D eigenvalue weighted by molar-refractivity contribution is 5.86. The van der Waals surface area contributed by atoms with Crippen LogP contribution in [0.3, 0.4) is 0 Å². The summed E-state index contributed by atoms with van der Waals surface area (Å²) in [6.07, 6.45) is 5.00. The van der Waals surface area contributed by atoms with Crippen molar-refractivity contribution in [3.63, 3.8) is 0 Å². The van der Waals surface area contributed by atoms with E-state index in [-0.39, 0.29) is 11.9 Å². The summed E-state index contributed by atoms with van der Waals surface area (Å²) in [6, 6.07) is 0.273. The van der Waals surface area contributed by atoms with Gasteiger partial charge < -0.3 is 10.6 Å². The van der Waals surface area contributed by atoms with Gasteiger partial charge in [-0.25, -0.2) is 0 Å². The van der Waals surface area contributed by atoms with Crippen LogP contribution in [-0.2, 0) is 4.79 Å². The molecule has 3 heteroatoms. The molecular formula is C15H30N2O. The Balaban J connectivity index is 2.67. The van der Waals surface area contributed by atoms with Crippen LogP contribution < -0.4 is 5.73 Å². The quantitative estimate of drug-likeness (QED) is 0.838. The van der Waals surface area contributed by atoms with Gasteiger partial charge in [0, 0.05) is 13.1 Å². The second-order valence-corrected chi connectivity index (χ2v) is 6.75. The van der Waals surface area contributed by atoms with Gasteiger partial charge in [-0.1, -0.05) is 33.6 Å². The van der Waals surface area contributed by atoms with Crippen LogP contribution in [0.4, 0.5) is 0 Å². The average molecular weight is 254 g/mol. The third-order valence-corrected chi connectivity index (χ3v) is 4.25. The van der Waals surface area contributed by atoms with E-state index < -0.39 is 5.54 Å². The first-order chi connectivity index (χ1) is 8.26. The topological polar surface area (TPSA) is 46.3 Å². The predicted molar refractivity (Wildman–Crippen MR) is 76.2 cm³/mol. The van der Waals surface area contributed by atoms with E-state index in [2.05, 4.69) is 27.7 Å². The van der Waals surface area contributed by atoms with Gasteiger partial charge in [0.2, 0.25) is 5.91 Å². The highest BCUT2D eigenvalue weighted by Crippen LogP contribution is 2.32. The van der Waals surface area contributed by atoms with Crippen molar-refractivity contribution in [1.29, 1.82) is 0 Å². The highest BCUT2D eigenvalue weighted by Gasteiger charge is 2.40. The Hall–Kier alpha value is -0.570. The summed E-state index contributed by atoms with van der Waals surface area (Å²) < 4.78 is 0. The number of amides is 1. The number of carbonyl (C=O) groups excluding carboxylic acids is 1. The Morgan fingerprint density at radius 2 is 2.06 bits per heavy atom. The first-order valence-corrected chi connectivity index (χ1v) is 7.32. The smallest absolute Gasteiger partial charge is 0.242 e. The van der Waals surface area contributed by atoms with Crippen molar-refractivity contribution < 1.29 is 4.79 Å². The number of hydrogen-bond donors (Lipinski definition) is 1. The van der Waals surface area contributed by atoms with Crippen LogP contribution >= 0.6 is 0 Å². The summed E-state index contributed by atoms with van der Waals surface area (Å²) in [5.74, 6) is 1.32. The van der Waals surface area contributed by atoms with Crippen LogP contribution in [0.5, 0.6) is 0 Å². The summed E-state index contributed by atoms with van der Waals surface area (Å²) in [5, 5.41) is 0. The molecule has 0 spiro atoms. The molecule has 1 amide bonds. The van der Waals surface area contributed by atoms with E-state index in [1.807, 2.05) is 11.9 Å². The first kappa shape index (κ1) is 15.5. The van der Waals surface area contributed by atoms with Crippen molar-refractivity contribution in [3.8, 4) is 0 Å². The monoisotopic (exact) mass is 254 g/mol. The van der Waals surface area contributed by atoms with Gasteiger partial charge in [-0.3, -0.25) is 4.79 Å². The van der Waals surface area contributed by atoms with Crippen LogP contribution in [0.1, 0.15) is 59.8 Å². The number of rotatable bonds is 4. The van der Waals surface area contributed by atoms with E-state index in [9.17, 15) is 4.79 Å². The molecule has 0 aromatic heterocycles. The van der Waals surface area contributed by atoms with E-state index in [0.717, 1.165) is 25.7 Å². The Morgan fingerprint density at radius 1 is 1.44 bits per heavy atom. The zero-order chi connectivity index (χ0) is 13.9. The normalized spacial score (nSPS) is 30.3. The SMILES string of the molecule is CC(C)CC(C)N(C)C(=O)C1(N)CCCC(C)C1. The van der Waals surface area contributed by atoms with Crippen LogP contribution in [0.2, 0.25) is 0 Å². The molecule has 18 heavy (non-hydrogen) atoms. The third-order valence-electron chi connectivity index (χ3n) is 4.25. The molecule has 0 radical (unpaired) electrons. The van der Waals surface area contributed by atoms with E-state index in [0.29, 0.717) is 11.8 Å². The summed E-state index contributed by atoms with van der Waals surface area (Å²) in [6.45, 7) is 8.70. The molecule has 3 nitrogen and oxygen atoms in total. The minimum atomic E-state index is -0.613. The maximum absolute atomic E-state index is 12.6. The fourth-order valence-corrected chi connectivity index (χ4v) is 3.18. The van der Waals surface area contributed by atoms with Crippen LogP contribution in [-0.4, -0.2) is 29.4 Å². The van der Waals surface area contributed by atoms with Crippen molar-refractivity contribution in [2.45, 2.75) is 71.4 Å². The van der Waals surface area contributed by atoms with E-state index >= 15 is 0 Å². The predicted octanol–water partition coefficient (Wildman–Crippen LogP) is 2.79. The van der Waals surface area contributed by atoms with Gasteiger partial charge in [0.1, 0.15) is 0 Å². The maximum atomic E-state index is 12.6. The van der Waals surface area contributed by atoms with Crippen molar-refractivity contribution in [2.75, 3.05) is 7.05 Å². The Morgan fingerprint density at radius 3 is 2.56 bits per heavy atom. The lowest BCUT2D eigenvalue weighted by Gasteiger charge is -2.40. The summed E-state index contributed by atoms with van der Waals surface area (Å²) >= 11 is 0. The summed E-state index contributed by atoms with van der Waals surface area (Å²) in [7, 11) is 1.91. The molecule has 1 rings (SSSR count). The van der Waals surface area contributed by atoms with Crippen LogP contribution in [0, 0.1) is 11.8 Å². The number of nitrogens with two attached hydrogens (primary N) is 1. The van der Waals surface area contributed by atoms with Gasteiger partial charge in [0.25, 0.3) is 0 Å². The lowest BCUT2D eigenvalue weighted by Crippen LogP contribution is -2.58. The Kier molecular flexibility index (Phi) is 5.20. The van der Waals surface area contributed by atoms with Crippen LogP contribution in [0.25, 0.3) is 0 Å². The van der Waals surface area contributed by atoms with Crippen molar-refractivity contribution in [3.05, 3.63) is 0 Å². The van der Waals surface area contributed by atoms with Crippen molar-refractivity contribution in [1.82, 2.24) is 4.90 Å². The number of likely N-dealkylation sites (N-methyl/N-ethyl adjacent to an activating group) is 1. The molecular weight excluding hydrogens is 224 g/mol. The molecule has 1 fully saturated rings. The third kappa shape index (κ3) is 3.71. The lowest BCUT2D eigenvalue weighted by atomic mass is 9.76. The molecule has 2 N–H and O–H groups in total. The largest absolute Gasteiger partial charge is 0.341 e. The molecule has 0 bridgehead atoms. The van der Waals surface area contributed by atoms with Gasteiger partial charge in [0.15, 0.2) is 0 Å². The zero-order valence-corrected chi connectivity index (χ0v) is 12.7. The van der Waals surface area contributed by atoms with Gasteiger partial charge >= 0.3 is 0 Å². The first-order valence-electron chi connectivity index (χ1n) is 7.32. The Labute approximate surface area is 112 Å². The lowest BCUT2D eigenvalue weighted by molar-refractivity contribution is -0.139. The molecule has 1 aliphatic carbocycles. The maximum Gasteiger partial charge on any atom is 0.242 e. The molecule has 3 atom stereocenters. The van der Waals surface area contributed by atoms with Gasteiger partial charge in [0.05, 0.1) is 5.54 Å². The van der Waals surface area contributed by atoms with Crippen molar-refractivity contribution in [2.24, 2.45) is 17.6 Å². The highest BCUT2D eigenvalue weighted by atomic mass is 16.2. The van der Waals surface area contributed by atoms with Gasteiger partial charge in [-0.15, -0.1) is 0 Å². The van der Waals surface area contributed by atoms with Gasteiger partial charge in [-0.2, -0.15) is 0 Å². The fourth-order valence-electron chi connectivity index (χ4n) is 3.18. The summed E-state index contributed by atoms with van der Waals surface area (Å²) in [5.41, 5.74) is 5.76. The number of hydrogen-bond acceptors (Lipinski definition) is 2. The minimum Gasteiger partial charge on any atom is -0.341 e. The van der Waals surface area contributed by atoms with Crippen molar-refractivity contribution >= 4 is 5.91 Å². The second-order valence-electron chi connectivity index (χ2n) is 6.75. The zero-order valence-electron chi connectivity index (χ0n) is 12.7. The van der Waals surface area contributed by atoms with Crippen LogP contribution in [0.15, 0.2) is 0 Å². The molecule has 0 saturated heterocycles. The van der Waals surface area contributed by atoms with E-state index in [1.165, 1.54) is 6.42 Å². The standard InChI is InChI=1S/C15H30N2O/c1-11(2)9-13(4)17(5)14(18)15(16)8-6-7-12(3)10-15/h11-13H,6-10,16H2,1-5H3. The van der Waals surface area contributed by atoms with Gasteiger partial charge in [-0.05, 0) is 38.0 Å². The fraction of sp³-hybridized carbons (Fsp3) is 0.933.